The first-order chi connectivity index (χ1) is 7.75. The van der Waals surface area contributed by atoms with E-state index in [9.17, 15) is 4.39 Å². The number of furan rings is 1. The molecule has 82 valence electrons. The molecule has 1 saturated carbocycles. The predicted octanol–water partition coefficient (Wildman–Crippen LogP) is 2.90. The summed E-state index contributed by atoms with van der Waals surface area (Å²) >= 11 is 0. The summed E-state index contributed by atoms with van der Waals surface area (Å²) in [4.78, 5) is 0. The monoisotopic (exact) mass is 217 g/mol. The van der Waals surface area contributed by atoms with Crippen molar-refractivity contribution in [3.8, 4) is 11.3 Å². The van der Waals surface area contributed by atoms with E-state index in [0.29, 0.717) is 17.2 Å². The highest BCUT2D eigenvalue weighted by molar-refractivity contribution is 5.58. The van der Waals surface area contributed by atoms with Crippen LogP contribution < -0.4 is 5.73 Å². The van der Waals surface area contributed by atoms with Crippen LogP contribution in [0.15, 0.2) is 40.8 Å². The van der Waals surface area contributed by atoms with Gasteiger partial charge in [-0.05, 0) is 30.7 Å². The largest absolute Gasteiger partial charge is 0.461 e. The third kappa shape index (κ3) is 1.53. The molecule has 0 radical (unpaired) electrons. The van der Waals surface area contributed by atoms with Crippen LogP contribution >= 0.6 is 0 Å². The molecule has 1 heterocycles. The number of hydrogen-bond donors (Lipinski definition) is 1. The maximum atomic E-state index is 13.5. The van der Waals surface area contributed by atoms with Crippen molar-refractivity contribution >= 4 is 0 Å². The van der Waals surface area contributed by atoms with Gasteiger partial charge in [0.2, 0.25) is 0 Å². The van der Waals surface area contributed by atoms with Crippen molar-refractivity contribution in [2.24, 2.45) is 5.73 Å². The number of hydrogen-bond acceptors (Lipinski definition) is 2. The van der Waals surface area contributed by atoms with Gasteiger partial charge in [-0.15, -0.1) is 0 Å². The van der Waals surface area contributed by atoms with Gasteiger partial charge in [-0.25, -0.2) is 4.39 Å². The topological polar surface area (TPSA) is 39.2 Å². The van der Waals surface area contributed by atoms with Gasteiger partial charge in [0.25, 0.3) is 0 Å². The third-order valence-electron chi connectivity index (χ3n) is 2.97. The molecule has 2 N–H and O–H groups in total. The first kappa shape index (κ1) is 9.60. The van der Waals surface area contributed by atoms with Crippen molar-refractivity contribution in [1.82, 2.24) is 0 Å². The van der Waals surface area contributed by atoms with Crippen LogP contribution in [-0.4, -0.2) is 6.04 Å². The Balaban J connectivity index is 1.95. The second kappa shape index (κ2) is 3.46. The van der Waals surface area contributed by atoms with Crippen LogP contribution in [0.25, 0.3) is 11.3 Å². The molecule has 3 rings (SSSR count). The van der Waals surface area contributed by atoms with Gasteiger partial charge in [0.15, 0.2) is 0 Å². The summed E-state index contributed by atoms with van der Waals surface area (Å²) in [7, 11) is 0. The Morgan fingerprint density at radius 1 is 1.19 bits per heavy atom. The lowest BCUT2D eigenvalue weighted by atomic mass is 10.1. The van der Waals surface area contributed by atoms with Crippen LogP contribution in [0.2, 0.25) is 0 Å². The van der Waals surface area contributed by atoms with E-state index >= 15 is 0 Å². The highest BCUT2D eigenvalue weighted by atomic mass is 19.1. The smallest absolute Gasteiger partial charge is 0.137 e. The van der Waals surface area contributed by atoms with E-state index in [4.69, 9.17) is 10.2 Å². The van der Waals surface area contributed by atoms with E-state index in [1.54, 1.807) is 24.3 Å². The molecular weight excluding hydrogens is 205 g/mol. The summed E-state index contributed by atoms with van der Waals surface area (Å²) < 4.78 is 19.1. The minimum Gasteiger partial charge on any atom is -0.461 e. The number of halogens is 1. The van der Waals surface area contributed by atoms with Gasteiger partial charge in [0, 0.05) is 12.0 Å². The van der Waals surface area contributed by atoms with Crippen molar-refractivity contribution in [2.75, 3.05) is 0 Å². The van der Waals surface area contributed by atoms with Gasteiger partial charge in [-0.1, -0.05) is 12.1 Å². The van der Waals surface area contributed by atoms with Crippen LogP contribution in [0.5, 0.6) is 0 Å². The first-order valence-corrected chi connectivity index (χ1v) is 5.36. The molecule has 0 saturated heterocycles. The maximum Gasteiger partial charge on any atom is 0.137 e. The fourth-order valence-corrected chi connectivity index (χ4v) is 1.90. The molecule has 0 bridgehead atoms. The molecular formula is C13H12FNO. The molecule has 1 aliphatic carbocycles. The lowest BCUT2D eigenvalue weighted by molar-refractivity contribution is 0.517. The molecule has 2 atom stereocenters. The number of rotatable bonds is 2. The fourth-order valence-electron chi connectivity index (χ4n) is 1.90. The third-order valence-corrected chi connectivity index (χ3v) is 2.97. The normalized spacial score (nSPS) is 23.4. The second-order valence-corrected chi connectivity index (χ2v) is 4.19. The molecule has 0 unspecified atom stereocenters. The van der Waals surface area contributed by atoms with Crippen molar-refractivity contribution in [3.05, 3.63) is 48.0 Å². The van der Waals surface area contributed by atoms with Crippen LogP contribution in [-0.2, 0) is 0 Å². The second-order valence-electron chi connectivity index (χ2n) is 4.19. The van der Waals surface area contributed by atoms with Gasteiger partial charge in [-0.2, -0.15) is 0 Å². The average molecular weight is 217 g/mol. The van der Waals surface area contributed by atoms with E-state index in [1.807, 2.05) is 6.07 Å². The van der Waals surface area contributed by atoms with Gasteiger partial charge in [0.05, 0.1) is 5.56 Å². The summed E-state index contributed by atoms with van der Waals surface area (Å²) in [6.07, 6.45) is 0.963. The van der Waals surface area contributed by atoms with Crippen molar-refractivity contribution in [2.45, 2.75) is 18.4 Å². The van der Waals surface area contributed by atoms with Crippen LogP contribution in [0, 0.1) is 5.82 Å². The van der Waals surface area contributed by atoms with E-state index in [1.165, 1.54) is 6.07 Å². The molecule has 1 aromatic heterocycles. The molecule has 0 spiro atoms. The van der Waals surface area contributed by atoms with Crippen LogP contribution in [0.4, 0.5) is 4.39 Å². The van der Waals surface area contributed by atoms with Crippen molar-refractivity contribution in [3.63, 3.8) is 0 Å². The Morgan fingerprint density at radius 3 is 2.62 bits per heavy atom. The van der Waals surface area contributed by atoms with Gasteiger partial charge < -0.3 is 10.2 Å². The molecule has 2 nitrogen and oxygen atoms in total. The molecule has 16 heavy (non-hydrogen) atoms. The number of nitrogens with two attached hydrogens (primary N) is 1. The SMILES string of the molecule is N[C@H]1C[C@H]1c1ccc(-c2ccccc2F)o1. The first-order valence-electron chi connectivity index (χ1n) is 5.36. The zero-order chi connectivity index (χ0) is 11.1. The molecule has 1 aromatic carbocycles. The zero-order valence-electron chi connectivity index (χ0n) is 8.69. The van der Waals surface area contributed by atoms with E-state index in [-0.39, 0.29) is 11.9 Å². The molecule has 1 aliphatic rings. The Hall–Kier alpha value is -1.61. The van der Waals surface area contributed by atoms with Crippen molar-refractivity contribution < 1.29 is 8.81 Å². The maximum absolute atomic E-state index is 13.5. The Kier molecular flexibility index (Phi) is 2.07. The average Bonchev–Trinajstić information content (AvgIpc) is 2.82. The Bertz CT molecular complexity index is 520. The summed E-state index contributed by atoms with van der Waals surface area (Å²) in [6, 6.07) is 10.5. The summed E-state index contributed by atoms with van der Waals surface area (Å²) in [5, 5.41) is 0. The van der Waals surface area contributed by atoms with Crippen LogP contribution in [0.1, 0.15) is 18.1 Å². The summed E-state index contributed by atoms with van der Waals surface area (Å²) in [6.45, 7) is 0. The lowest BCUT2D eigenvalue weighted by Gasteiger charge is -1.98. The Morgan fingerprint density at radius 2 is 1.94 bits per heavy atom. The quantitative estimate of drug-likeness (QED) is 0.840. The van der Waals surface area contributed by atoms with Crippen LogP contribution in [0.3, 0.4) is 0 Å². The van der Waals surface area contributed by atoms with E-state index < -0.39 is 0 Å². The minimum absolute atomic E-state index is 0.208. The molecule has 0 aliphatic heterocycles. The predicted molar refractivity (Wildman–Crippen MR) is 59.4 cm³/mol. The minimum atomic E-state index is -0.261. The standard InChI is InChI=1S/C13H12FNO/c14-10-4-2-1-3-8(10)12-5-6-13(16-12)9-7-11(9)15/h1-6,9,11H,7,15H2/t9-,11+/m1/s1. The number of benzene rings is 1. The molecule has 3 heteroatoms. The van der Waals surface area contributed by atoms with Gasteiger partial charge in [0.1, 0.15) is 17.3 Å². The highest BCUT2D eigenvalue weighted by Gasteiger charge is 2.37. The lowest BCUT2D eigenvalue weighted by Crippen LogP contribution is -2.00. The Labute approximate surface area is 92.9 Å². The molecule has 2 aromatic rings. The van der Waals surface area contributed by atoms with E-state index in [2.05, 4.69) is 0 Å². The summed E-state index contributed by atoms with van der Waals surface area (Å²) in [5.74, 6) is 1.50. The molecule has 1 fully saturated rings. The van der Waals surface area contributed by atoms with Gasteiger partial charge >= 0.3 is 0 Å². The van der Waals surface area contributed by atoms with E-state index in [0.717, 1.165) is 12.2 Å². The fraction of sp³-hybridized carbons (Fsp3) is 0.231. The van der Waals surface area contributed by atoms with Crippen molar-refractivity contribution in [1.29, 1.82) is 0 Å². The zero-order valence-corrected chi connectivity index (χ0v) is 8.69. The van der Waals surface area contributed by atoms with Gasteiger partial charge in [-0.3, -0.25) is 0 Å². The summed E-state index contributed by atoms with van der Waals surface area (Å²) in [5.41, 5.74) is 6.25. The molecule has 0 amide bonds. The highest BCUT2D eigenvalue weighted by Crippen LogP contribution is 2.41.